The molecule has 1 N–H and O–H groups in total. The van der Waals surface area contributed by atoms with Gasteiger partial charge in [0.2, 0.25) is 0 Å². The topological polar surface area (TPSA) is 60.4 Å². The monoisotopic (exact) mass is 409 g/mol. The molecular formula is C23H21O3Zn+. The average Bonchev–Trinajstić information content (AvgIpc) is 2.68. The van der Waals surface area contributed by atoms with E-state index in [4.69, 9.17) is 0 Å². The molecule has 2 atom stereocenters. The second-order valence-corrected chi connectivity index (χ2v) is 6.56. The van der Waals surface area contributed by atoms with Crippen molar-refractivity contribution in [3.8, 4) is 5.75 Å². The normalized spacial score (nSPS) is 12.7. The van der Waals surface area contributed by atoms with E-state index >= 15 is 0 Å². The standard InChI is InChI=1S/C23H22O3.Zn/c1-15(17-9-5-3-6-10-17)19-13-20(22(24)21(14-19)23(25)26)16(2)18-11-7-4-8-12-18;/h3-16,24H,1-2H3,(H,25,26);/q;+2/p-1. The van der Waals surface area contributed by atoms with Gasteiger partial charge in [-0.2, -0.15) is 0 Å². The molecule has 3 aromatic rings. The van der Waals surface area contributed by atoms with E-state index in [1.165, 1.54) is 6.07 Å². The summed E-state index contributed by atoms with van der Waals surface area (Å²) < 4.78 is 0. The Morgan fingerprint density at radius 1 is 0.815 bits per heavy atom. The molecule has 0 fully saturated rings. The molecule has 0 bridgehead atoms. The van der Waals surface area contributed by atoms with Gasteiger partial charge in [-0.05, 0) is 28.3 Å². The molecule has 0 amide bonds. The Bertz CT molecular complexity index is 908. The molecule has 2 unspecified atom stereocenters. The van der Waals surface area contributed by atoms with E-state index in [1.807, 2.05) is 80.6 Å². The molecule has 0 aromatic heterocycles. The minimum Gasteiger partial charge on any atom is -0.872 e. The van der Waals surface area contributed by atoms with Crippen LogP contribution in [-0.2, 0) is 19.5 Å². The third-order valence-corrected chi connectivity index (χ3v) is 4.94. The summed E-state index contributed by atoms with van der Waals surface area (Å²) in [6, 6.07) is 22.9. The molecule has 0 heterocycles. The van der Waals surface area contributed by atoms with Crippen LogP contribution in [0.15, 0.2) is 72.8 Å². The van der Waals surface area contributed by atoms with Crippen LogP contribution in [-0.4, -0.2) is 11.1 Å². The van der Waals surface area contributed by atoms with Crippen molar-refractivity contribution in [1.29, 1.82) is 0 Å². The smallest absolute Gasteiger partial charge is 0.872 e. The Balaban J connectivity index is 0.00000261. The first kappa shape index (κ1) is 20.9. The predicted octanol–water partition coefficient (Wildman–Crippen LogP) is 4.76. The first-order valence-electron chi connectivity index (χ1n) is 8.67. The molecule has 0 saturated carbocycles. The molecule has 4 heteroatoms. The minimum absolute atomic E-state index is 0. The van der Waals surface area contributed by atoms with Crippen molar-refractivity contribution in [1.82, 2.24) is 0 Å². The number of benzene rings is 3. The fraction of sp³-hybridized carbons (Fsp3) is 0.174. The molecule has 132 valence electrons. The van der Waals surface area contributed by atoms with E-state index in [2.05, 4.69) is 0 Å². The van der Waals surface area contributed by atoms with E-state index in [9.17, 15) is 15.0 Å². The van der Waals surface area contributed by atoms with Crippen molar-refractivity contribution in [3.05, 3.63) is 101 Å². The summed E-state index contributed by atoms with van der Waals surface area (Å²) in [6.07, 6.45) is 0. The molecule has 0 radical (unpaired) electrons. The van der Waals surface area contributed by atoms with Crippen molar-refractivity contribution in [3.63, 3.8) is 0 Å². The number of hydrogen-bond donors (Lipinski definition) is 1. The van der Waals surface area contributed by atoms with Gasteiger partial charge in [-0.3, -0.25) is 0 Å². The van der Waals surface area contributed by atoms with Gasteiger partial charge < -0.3 is 10.2 Å². The summed E-state index contributed by atoms with van der Waals surface area (Å²) in [5.74, 6) is -1.77. The van der Waals surface area contributed by atoms with Crippen LogP contribution in [0, 0.1) is 0 Å². The van der Waals surface area contributed by atoms with Crippen molar-refractivity contribution in [2.75, 3.05) is 0 Å². The van der Waals surface area contributed by atoms with Crippen LogP contribution < -0.4 is 5.11 Å². The van der Waals surface area contributed by atoms with Crippen LogP contribution in [0.25, 0.3) is 0 Å². The Morgan fingerprint density at radius 3 is 1.78 bits per heavy atom. The van der Waals surface area contributed by atoms with Gasteiger partial charge in [-0.15, -0.1) is 0 Å². The van der Waals surface area contributed by atoms with Crippen molar-refractivity contribution in [2.24, 2.45) is 0 Å². The number of carbonyl (C=O) groups is 1. The maximum atomic E-state index is 12.8. The van der Waals surface area contributed by atoms with Crippen LogP contribution in [0.4, 0.5) is 0 Å². The Hall–Kier alpha value is -2.45. The fourth-order valence-electron chi connectivity index (χ4n) is 3.26. The van der Waals surface area contributed by atoms with Gasteiger partial charge in [0.15, 0.2) is 0 Å². The van der Waals surface area contributed by atoms with Crippen LogP contribution in [0.2, 0.25) is 0 Å². The largest absolute Gasteiger partial charge is 2.00 e. The van der Waals surface area contributed by atoms with Gasteiger partial charge in [0, 0.05) is 11.8 Å². The predicted molar refractivity (Wildman–Crippen MR) is 101 cm³/mol. The molecule has 0 aliphatic heterocycles. The van der Waals surface area contributed by atoms with E-state index < -0.39 is 11.7 Å². The van der Waals surface area contributed by atoms with Crippen LogP contribution in [0.1, 0.15) is 58.3 Å². The zero-order valence-electron chi connectivity index (χ0n) is 15.6. The fourth-order valence-corrected chi connectivity index (χ4v) is 3.26. The molecule has 0 aliphatic carbocycles. The summed E-state index contributed by atoms with van der Waals surface area (Å²) in [4.78, 5) is 11.6. The zero-order chi connectivity index (χ0) is 18.7. The van der Waals surface area contributed by atoms with Crippen LogP contribution in [0.3, 0.4) is 0 Å². The van der Waals surface area contributed by atoms with Gasteiger partial charge >= 0.3 is 25.4 Å². The first-order valence-corrected chi connectivity index (χ1v) is 8.67. The molecule has 3 aromatic carbocycles. The molecule has 0 saturated heterocycles. The molecule has 3 rings (SSSR count). The maximum Gasteiger partial charge on any atom is 2.00 e. The van der Waals surface area contributed by atoms with Crippen LogP contribution >= 0.6 is 0 Å². The number of hydrogen-bond acceptors (Lipinski definition) is 2. The van der Waals surface area contributed by atoms with E-state index in [0.29, 0.717) is 5.56 Å². The third-order valence-electron chi connectivity index (χ3n) is 4.94. The maximum absolute atomic E-state index is 12.8. The summed E-state index contributed by atoms with van der Waals surface area (Å²) >= 11 is 0. The van der Waals surface area contributed by atoms with Crippen LogP contribution in [0.5, 0.6) is 5.75 Å². The quantitative estimate of drug-likeness (QED) is 0.617. The Morgan fingerprint density at radius 2 is 1.30 bits per heavy atom. The number of carboxylic acid groups (broad SMARTS) is 1. The second-order valence-electron chi connectivity index (χ2n) is 6.56. The molecule has 0 aliphatic rings. The average molecular weight is 411 g/mol. The molecule has 27 heavy (non-hydrogen) atoms. The summed E-state index contributed by atoms with van der Waals surface area (Å²) in [5, 5.41) is 22.3. The van der Waals surface area contributed by atoms with Gasteiger partial charge in [0.05, 0.1) is 5.56 Å². The minimum atomic E-state index is -1.18. The molecule has 0 spiro atoms. The van der Waals surface area contributed by atoms with E-state index in [0.717, 1.165) is 16.7 Å². The third kappa shape index (κ3) is 4.46. The SMILES string of the molecule is CC(c1ccccc1)c1cc(C(=O)O)c([O-])c(C(C)c2ccccc2)c1.[Zn+2]. The van der Waals surface area contributed by atoms with E-state index in [1.54, 1.807) is 0 Å². The second kappa shape index (κ2) is 8.97. The molecule has 3 nitrogen and oxygen atoms in total. The van der Waals surface area contributed by atoms with Gasteiger partial charge in [0.1, 0.15) is 0 Å². The van der Waals surface area contributed by atoms with Gasteiger partial charge in [0.25, 0.3) is 0 Å². The van der Waals surface area contributed by atoms with Crippen molar-refractivity contribution >= 4 is 5.97 Å². The first-order chi connectivity index (χ1) is 12.5. The van der Waals surface area contributed by atoms with Gasteiger partial charge in [-0.25, -0.2) is 4.79 Å². The Labute approximate surface area is 172 Å². The zero-order valence-corrected chi connectivity index (χ0v) is 18.5. The van der Waals surface area contributed by atoms with E-state index in [-0.39, 0.29) is 36.9 Å². The Kier molecular flexibility index (Phi) is 6.93. The number of carboxylic acids is 1. The van der Waals surface area contributed by atoms with Gasteiger partial charge in [-0.1, -0.05) is 86.3 Å². The van der Waals surface area contributed by atoms with Crippen molar-refractivity contribution in [2.45, 2.75) is 25.7 Å². The summed E-state index contributed by atoms with van der Waals surface area (Å²) in [6.45, 7) is 3.96. The molecular weight excluding hydrogens is 390 g/mol. The van der Waals surface area contributed by atoms with Crippen molar-refractivity contribution < 1.29 is 34.5 Å². The summed E-state index contributed by atoms with van der Waals surface area (Å²) in [5.41, 5.74) is 3.27. The number of rotatable bonds is 5. The number of aromatic carboxylic acids is 1. The summed E-state index contributed by atoms with van der Waals surface area (Å²) in [7, 11) is 0.